The molecule has 1 fully saturated rings. The van der Waals surface area contributed by atoms with Gasteiger partial charge in [0.1, 0.15) is 0 Å². The normalized spacial score (nSPS) is 19.9. The minimum absolute atomic E-state index is 0. The van der Waals surface area contributed by atoms with E-state index in [1.807, 2.05) is 0 Å². The number of benzene rings is 1. The molecule has 0 saturated carbocycles. The quantitative estimate of drug-likeness (QED) is 0.900. The highest BCUT2D eigenvalue weighted by atomic mass is 35.5. The maximum absolute atomic E-state index is 12.2. The molecule has 0 radical (unpaired) electrons. The number of halogens is 1. The topological polar surface area (TPSA) is 41.1 Å². The SMILES string of the molecule is Cc1cccc(C(C)NC(=O)C2CCCNC2)c1C.Cl. The van der Waals surface area contributed by atoms with Crippen molar-refractivity contribution in [3.8, 4) is 0 Å². The fourth-order valence-electron chi connectivity index (χ4n) is 2.73. The van der Waals surface area contributed by atoms with Gasteiger partial charge in [-0.1, -0.05) is 18.2 Å². The van der Waals surface area contributed by atoms with Crippen LogP contribution in [0.3, 0.4) is 0 Å². The average Bonchev–Trinajstić information content (AvgIpc) is 2.42. The van der Waals surface area contributed by atoms with E-state index in [1.54, 1.807) is 0 Å². The van der Waals surface area contributed by atoms with Crippen molar-refractivity contribution in [2.75, 3.05) is 13.1 Å². The molecule has 1 heterocycles. The first-order valence-corrected chi connectivity index (χ1v) is 7.17. The van der Waals surface area contributed by atoms with Crippen LogP contribution in [-0.2, 0) is 4.79 Å². The summed E-state index contributed by atoms with van der Waals surface area (Å²) in [6.07, 6.45) is 2.09. The van der Waals surface area contributed by atoms with E-state index in [4.69, 9.17) is 0 Å². The highest BCUT2D eigenvalue weighted by molar-refractivity contribution is 5.85. The van der Waals surface area contributed by atoms with Gasteiger partial charge >= 0.3 is 0 Å². The summed E-state index contributed by atoms with van der Waals surface area (Å²) in [5, 5.41) is 6.44. The Balaban J connectivity index is 0.00000200. The Kier molecular flexibility index (Phi) is 6.50. The maximum atomic E-state index is 12.2. The summed E-state index contributed by atoms with van der Waals surface area (Å²) in [5.41, 5.74) is 3.77. The van der Waals surface area contributed by atoms with E-state index in [-0.39, 0.29) is 30.3 Å². The number of amides is 1. The molecule has 0 spiro atoms. The minimum atomic E-state index is 0. The Bertz CT molecular complexity index is 456. The summed E-state index contributed by atoms with van der Waals surface area (Å²) in [7, 11) is 0. The molecule has 1 amide bonds. The van der Waals surface area contributed by atoms with Crippen LogP contribution in [-0.4, -0.2) is 19.0 Å². The molecule has 2 atom stereocenters. The lowest BCUT2D eigenvalue weighted by molar-refractivity contribution is -0.126. The number of aryl methyl sites for hydroxylation is 1. The number of nitrogens with one attached hydrogen (secondary N) is 2. The van der Waals surface area contributed by atoms with Gasteiger partial charge in [-0.05, 0) is 56.8 Å². The summed E-state index contributed by atoms with van der Waals surface area (Å²) < 4.78 is 0. The Labute approximate surface area is 127 Å². The van der Waals surface area contributed by atoms with Crippen molar-refractivity contribution in [3.05, 3.63) is 34.9 Å². The molecule has 112 valence electrons. The van der Waals surface area contributed by atoms with Crippen molar-refractivity contribution in [1.29, 1.82) is 0 Å². The van der Waals surface area contributed by atoms with Gasteiger partial charge in [0.2, 0.25) is 5.91 Å². The molecule has 4 heteroatoms. The van der Waals surface area contributed by atoms with Crippen molar-refractivity contribution in [3.63, 3.8) is 0 Å². The van der Waals surface area contributed by atoms with Crippen LogP contribution in [0.25, 0.3) is 0 Å². The summed E-state index contributed by atoms with van der Waals surface area (Å²) in [6, 6.07) is 6.35. The molecule has 0 aromatic heterocycles. The monoisotopic (exact) mass is 296 g/mol. The molecule has 1 aliphatic heterocycles. The molecule has 1 aromatic rings. The van der Waals surface area contributed by atoms with Crippen LogP contribution in [0.1, 0.15) is 42.5 Å². The molecular weight excluding hydrogens is 272 g/mol. The van der Waals surface area contributed by atoms with Crippen LogP contribution < -0.4 is 10.6 Å². The smallest absolute Gasteiger partial charge is 0.224 e. The highest BCUT2D eigenvalue weighted by Crippen LogP contribution is 2.21. The Hall–Kier alpha value is -1.06. The zero-order valence-corrected chi connectivity index (χ0v) is 13.3. The zero-order chi connectivity index (χ0) is 13.8. The van der Waals surface area contributed by atoms with Gasteiger partial charge < -0.3 is 10.6 Å². The standard InChI is InChI=1S/C16H24N2O.ClH/c1-11-6-4-8-15(12(11)2)13(3)18-16(19)14-7-5-9-17-10-14;/h4,6,8,13-14,17H,5,7,9-10H2,1-3H3,(H,18,19);1H. The minimum Gasteiger partial charge on any atom is -0.349 e. The molecule has 3 nitrogen and oxygen atoms in total. The molecule has 20 heavy (non-hydrogen) atoms. The molecule has 2 rings (SSSR count). The molecule has 2 unspecified atom stereocenters. The molecule has 1 saturated heterocycles. The predicted molar refractivity (Wildman–Crippen MR) is 85.3 cm³/mol. The third-order valence-electron chi connectivity index (χ3n) is 4.14. The van der Waals surface area contributed by atoms with E-state index in [9.17, 15) is 4.79 Å². The third kappa shape index (κ3) is 3.97. The molecule has 0 bridgehead atoms. The fourth-order valence-corrected chi connectivity index (χ4v) is 2.73. The van der Waals surface area contributed by atoms with Crippen LogP contribution >= 0.6 is 12.4 Å². The van der Waals surface area contributed by atoms with Crippen molar-refractivity contribution in [2.45, 2.75) is 39.7 Å². The van der Waals surface area contributed by atoms with E-state index in [0.29, 0.717) is 0 Å². The first kappa shape index (κ1) is 17.0. The summed E-state index contributed by atoms with van der Waals surface area (Å²) in [5.74, 6) is 0.307. The van der Waals surface area contributed by atoms with Gasteiger partial charge in [0, 0.05) is 6.54 Å². The fraction of sp³-hybridized carbons (Fsp3) is 0.562. The van der Waals surface area contributed by atoms with Crippen LogP contribution in [0.2, 0.25) is 0 Å². The van der Waals surface area contributed by atoms with Crippen molar-refractivity contribution < 1.29 is 4.79 Å². The van der Waals surface area contributed by atoms with Crippen molar-refractivity contribution in [1.82, 2.24) is 10.6 Å². The molecule has 1 aromatic carbocycles. The number of piperidine rings is 1. The Morgan fingerprint density at radius 1 is 1.40 bits per heavy atom. The van der Waals surface area contributed by atoms with Gasteiger partial charge in [-0.25, -0.2) is 0 Å². The van der Waals surface area contributed by atoms with Gasteiger partial charge in [-0.3, -0.25) is 4.79 Å². The van der Waals surface area contributed by atoms with Crippen LogP contribution in [0.5, 0.6) is 0 Å². The zero-order valence-electron chi connectivity index (χ0n) is 12.5. The van der Waals surface area contributed by atoms with Gasteiger partial charge in [0.05, 0.1) is 12.0 Å². The number of carbonyl (C=O) groups is 1. The Morgan fingerprint density at radius 3 is 2.80 bits per heavy atom. The van der Waals surface area contributed by atoms with Gasteiger partial charge in [0.25, 0.3) is 0 Å². The van der Waals surface area contributed by atoms with E-state index in [0.717, 1.165) is 25.9 Å². The van der Waals surface area contributed by atoms with E-state index in [2.05, 4.69) is 49.6 Å². The van der Waals surface area contributed by atoms with Gasteiger partial charge in [0.15, 0.2) is 0 Å². The lowest BCUT2D eigenvalue weighted by Crippen LogP contribution is -2.41. The Morgan fingerprint density at radius 2 is 2.15 bits per heavy atom. The number of carbonyl (C=O) groups excluding carboxylic acids is 1. The van der Waals surface area contributed by atoms with E-state index in [1.165, 1.54) is 16.7 Å². The molecular formula is C16H25ClN2O. The third-order valence-corrected chi connectivity index (χ3v) is 4.14. The van der Waals surface area contributed by atoms with Crippen LogP contribution in [0.15, 0.2) is 18.2 Å². The number of hydrogen-bond donors (Lipinski definition) is 2. The molecule has 0 aliphatic carbocycles. The average molecular weight is 297 g/mol. The molecule has 2 N–H and O–H groups in total. The van der Waals surface area contributed by atoms with Crippen LogP contribution in [0.4, 0.5) is 0 Å². The lowest BCUT2D eigenvalue weighted by atomic mass is 9.96. The first-order valence-electron chi connectivity index (χ1n) is 7.17. The maximum Gasteiger partial charge on any atom is 0.224 e. The van der Waals surface area contributed by atoms with Crippen molar-refractivity contribution >= 4 is 18.3 Å². The summed E-state index contributed by atoms with van der Waals surface area (Å²) in [6.45, 7) is 8.14. The first-order chi connectivity index (χ1) is 9.09. The second-order valence-electron chi connectivity index (χ2n) is 5.56. The van der Waals surface area contributed by atoms with E-state index < -0.39 is 0 Å². The largest absolute Gasteiger partial charge is 0.349 e. The van der Waals surface area contributed by atoms with E-state index >= 15 is 0 Å². The second-order valence-corrected chi connectivity index (χ2v) is 5.56. The second kappa shape index (κ2) is 7.65. The number of hydrogen-bond acceptors (Lipinski definition) is 2. The molecule has 1 aliphatic rings. The lowest BCUT2D eigenvalue weighted by Gasteiger charge is -2.25. The summed E-state index contributed by atoms with van der Waals surface area (Å²) in [4.78, 5) is 12.2. The van der Waals surface area contributed by atoms with Gasteiger partial charge in [-0.2, -0.15) is 0 Å². The van der Waals surface area contributed by atoms with Gasteiger partial charge in [-0.15, -0.1) is 12.4 Å². The van der Waals surface area contributed by atoms with Crippen molar-refractivity contribution in [2.24, 2.45) is 5.92 Å². The number of rotatable bonds is 3. The predicted octanol–water partition coefficient (Wildman–Crippen LogP) is 2.90. The van der Waals surface area contributed by atoms with Crippen LogP contribution in [0, 0.1) is 19.8 Å². The summed E-state index contributed by atoms with van der Waals surface area (Å²) >= 11 is 0. The highest BCUT2D eigenvalue weighted by Gasteiger charge is 2.22.